The van der Waals surface area contributed by atoms with E-state index in [9.17, 15) is 4.79 Å². The molecule has 0 N–H and O–H groups in total. The number of hydrogen-bond acceptors (Lipinski definition) is 5. The van der Waals surface area contributed by atoms with Crippen LogP contribution in [0.25, 0.3) is 11.0 Å². The number of ether oxygens (including phenoxy) is 2. The fourth-order valence-corrected chi connectivity index (χ4v) is 2.71. The van der Waals surface area contributed by atoms with Gasteiger partial charge in [-0.2, -0.15) is 0 Å². The lowest BCUT2D eigenvalue weighted by atomic mass is 10.1. The van der Waals surface area contributed by atoms with E-state index in [1.807, 2.05) is 30.3 Å². The number of carbonyl (C=O) groups excluding carboxylic acids is 1. The minimum Gasteiger partial charge on any atom is -0.496 e. The van der Waals surface area contributed by atoms with Crippen molar-refractivity contribution >= 4 is 16.9 Å². The first-order valence-electron chi connectivity index (χ1n) is 7.96. The summed E-state index contributed by atoms with van der Waals surface area (Å²) in [6, 6.07) is 13.2. The molecule has 1 fully saturated rings. The molecular weight excluding hydrogens is 306 g/mol. The van der Waals surface area contributed by atoms with Crippen LogP contribution < -0.4 is 9.47 Å². The summed E-state index contributed by atoms with van der Waals surface area (Å²) in [6.45, 7) is 0. The van der Waals surface area contributed by atoms with Crippen molar-refractivity contribution in [2.45, 2.75) is 19.3 Å². The monoisotopic (exact) mass is 323 g/mol. The lowest BCUT2D eigenvalue weighted by Crippen LogP contribution is -2.09. The molecule has 0 atom stereocenters. The van der Waals surface area contributed by atoms with E-state index < -0.39 is 0 Å². The molecule has 24 heavy (non-hydrogen) atoms. The van der Waals surface area contributed by atoms with Gasteiger partial charge in [0.2, 0.25) is 0 Å². The van der Waals surface area contributed by atoms with E-state index in [2.05, 4.69) is 5.16 Å². The second-order valence-electron chi connectivity index (χ2n) is 5.97. The van der Waals surface area contributed by atoms with E-state index >= 15 is 0 Å². The van der Waals surface area contributed by atoms with Crippen LogP contribution in [0.15, 0.2) is 47.0 Å². The van der Waals surface area contributed by atoms with Gasteiger partial charge in [0.15, 0.2) is 5.58 Å². The molecule has 2 aromatic carbocycles. The fraction of sp³-hybridized carbons (Fsp3) is 0.263. The number of nitrogens with zero attached hydrogens (tertiary/aromatic N) is 1. The number of aromatic nitrogens is 1. The average Bonchev–Trinajstić information content (AvgIpc) is 3.38. The van der Waals surface area contributed by atoms with Gasteiger partial charge in [-0.05, 0) is 31.0 Å². The zero-order valence-electron chi connectivity index (χ0n) is 13.3. The first-order chi connectivity index (χ1) is 11.7. The van der Waals surface area contributed by atoms with E-state index in [4.69, 9.17) is 14.0 Å². The van der Waals surface area contributed by atoms with Crippen molar-refractivity contribution in [2.24, 2.45) is 5.92 Å². The van der Waals surface area contributed by atoms with Gasteiger partial charge in [0.1, 0.15) is 11.5 Å². The molecule has 1 saturated carbocycles. The number of para-hydroxylation sites is 1. The van der Waals surface area contributed by atoms with Gasteiger partial charge >= 0.3 is 5.97 Å². The van der Waals surface area contributed by atoms with Crippen LogP contribution in [0, 0.1) is 5.92 Å². The Labute approximate surface area is 139 Å². The molecule has 5 heteroatoms. The second kappa shape index (κ2) is 6.00. The zero-order valence-corrected chi connectivity index (χ0v) is 13.3. The molecule has 3 aromatic rings. The van der Waals surface area contributed by atoms with Crippen LogP contribution in [0.1, 0.15) is 24.1 Å². The van der Waals surface area contributed by atoms with Gasteiger partial charge in [-0.1, -0.05) is 23.4 Å². The molecular formula is C19H17NO4. The van der Waals surface area contributed by atoms with Crippen LogP contribution in [-0.4, -0.2) is 18.2 Å². The van der Waals surface area contributed by atoms with E-state index in [1.165, 1.54) is 0 Å². The highest BCUT2D eigenvalue weighted by Gasteiger charge is 2.31. The average molecular weight is 323 g/mol. The van der Waals surface area contributed by atoms with E-state index in [1.54, 1.807) is 19.2 Å². The van der Waals surface area contributed by atoms with E-state index in [0.29, 0.717) is 17.8 Å². The molecule has 0 bridgehead atoms. The summed E-state index contributed by atoms with van der Waals surface area (Å²) >= 11 is 0. The molecule has 1 aliphatic carbocycles. The maximum atomic E-state index is 11.7. The number of benzene rings is 2. The molecule has 1 aliphatic rings. The Morgan fingerprint density at radius 2 is 2.08 bits per heavy atom. The van der Waals surface area contributed by atoms with Gasteiger partial charge in [0, 0.05) is 23.4 Å². The highest BCUT2D eigenvalue weighted by atomic mass is 16.5. The van der Waals surface area contributed by atoms with Crippen LogP contribution in [0.3, 0.4) is 0 Å². The third-order valence-electron chi connectivity index (χ3n) is 4.20. The molecule has 0 radical (unpaired) electrons. The SMILES string of the molecule is COc1ccccc1Cc1noc2cc(OC(=O)C3CC3)ccc12. The summed E-state index contributed by atoms with van der Waals surface area (Å²) in [5, 5.41) is 5.07. The van der Waals surface area contributed by atoms with Crippen LogP contribution >= 0.6 is 0 Å². The lowest BCUT2D eigenvalue weighted by molar-refractivity contribution is -0.135. The summed E-state index contributed by atoms with van der Waals surface area (Å²) in [7, 11) is 1.65. The van der Waals surface area contributed by atoms with Gasteiger partial charge in [0.25, 0.3) is 0 Å². The van der Waals surface area contributed by atoms with Gasteiger partial charge in [-0.15, -0.1) is 0 Å². The minimum absolute atomic E-state index is 0.0662. The molecule has 5 nitrogen and oxygen atoms in total. The van der Waals surface area contributed by atoms with Crippen molar-refractivity contribution in [3.05, 3.63) is 53.7 Å². The summed E-state index contributed by atoms with van der Waals surface area (Å²) < 4.78 is 16.2. The van der Waals surface area contributed by atoms with Crippen LogP contribution in [0.5, 0.6) is 11.5 Å². The summed E-state index contributed by atoms with van der Waals surface area (Å²) in [4.78, 5) is 11.7. The topological polar surface area (TPSA) is 61.6 Å². The minimum atomic E-state index is -0.164. The first-order valence-corrected chi connectivity index (χ1v) is 7.96. The largest absolute Gasteiger partial charge is 0.496 e. The molecule has 0 unspecified atom stereocenters. The van der Waals surface area contributed by atoms with Crippen LogP contribution in [0.4, 0.5) is 0 Å². The molecule has 0 amide bonds. The van der Waals surface area contributed by atoms with Gasteiger partial charge in [-0.25, -0.2) is 0 Å². The zero-order chi connectivity index (χ0) is 16.5. The predicted octanol–water partition coefficient (Wildman–Crippen LogP) is 3.74. The first kappa shape index (κ1) is 14.8. The quantitative estimate of drug-likeness (QED) is 0.529. The van der Waals surface area contributed by atoms with Crippen LogP contribution in [0.2, 0.25) is 0 Å². The number of fused-ring (bicyclic) bond motifs is 1. The predicted molar refractivity (Wildman–Crippen MR) is 88.2 cm³/mol. The standard InChI is InChI=1S/C19H17NO4/c1-22-17-5-3-2-4-13(17)10-16-15-9-8-14(11-18(15)24-20-16)23-19(21)12-6-7-12/h2-5,8-9,11-12H,6-7,10H2,1H3. The fourth-order valence-electron chi connectivity index (χ4n) is 2.71. The Morgan fingerprint density at radius 1 is 1.25 bits per heavy atom. The Kier molecular flexibility index (Phi) is 3.69. The van der Waals surface area contributed by atoms with Crippen molar-refractivity contribution in [3.63, 3.8) is 0 Å². The number of rotatable bonds is 5. The van der Waals surface area contributed by atoms with Gasteiger partial charge in [-0.3, -0.25) is 4.79 Å². The smallest absolute Gasteiger partial charge is 0.314 e. The molecule has 0 aliphatic heterocycles. The third kappa shape index (κ3) is 2.85. The van der Waals surface area contributed by atoms with Gasteiger partial charge in [0.05, 0.1) is 18.7 Å². The Hall–Kier alpha value is -2.82. The summed E-state index contributed by atoms with van der Waals surface area (Å²) in [5.74, 6) is 1.22. The van der Waals surface area contributed by atoms with Crippen molar-refractivity contribution in [2.75, 3.05) is 7.11 Å². The Balaban J connectivity index is 1.59. The van der Waals surface area contributed by atoms with Crippen molar-refractivity contribution in [3.8, 4) is 11.5 Å². The van der Waals surface area contributed by atoms with E-state index in [-0.39, 0.29) is 11.9 Å². The highest BCUT2D eigenvalue weighted by molar-refractivity contribution is 5.83. The van der Waals surface area contributed by atoms with Crippen LogP contribution in [-0.2, 0) is 11.2 Å². The molecule has 0 saturated heterocycles. The highest BCUT2D eigenvalue weighted by Crippen LogP contribution is 2.32. The Morgan fingerprint density at radius 3 is 2.88 bits per heavy atom. The molecule has 1 aromatic heterocycles. The third-order valence-corrected chi connectivity index (χ3v) is 4.20. The van der Waals surface area contributed by atoms with Gasteiger partial charge < -0.3 is 14.0 Å². The number of esters is 1. The summed E-state index contributed by atoms with van der Waals surface area (Å²) in [6.07, 6.45) is 2.46. The molecule has 0 spiro atoms. The van der Waals surface area contributed by atoms with Crippen molar-refractivity contribution in [1.82, 2.24) is 5.16 Å². The summed E-state index contributed by atoms with van der Waals surface area (Å²) in [5.41, 5.74) is 2.48. The van der Waals surface area contributed by atoms with Crippen molar-refractivity contribution in [1.29, 1.82) is 0 Å². The second-order valence-corrected chi connectivity index (χ2v) is 5.97. The molecule has 1 heterocycles. The maximum absolute atomic E-state index is 11.7. The van der Waals surface area contributed by atoms with E-state index in [0.717, 1.165) is 35.2 Å². The lowest BCUT2D eigenvalue weighted by Gasteiger charge is -2.06. The number of carbonyl (C=O) groups is 1. The van der Waals surface area contributed by atoms with Crippen molar-refractivity contribution < 1.29 is 18.8 Å². The number of hydrogen-bond donors (Lipinski definition) is 0. The number of methoxy groups -OCH3 is 1. The molecule has 122 valence electrons. The Bertz CT molecular complexity index is 895. The normalized spacial score (nSPS) is 13.9. The maximum Gasteiger partial charge on any atom is 0.314 e. The molecule has 4 rings (SSSR count).